The van der Waals surface area contributed by atoms with Gasteiger partial charge in [0.25, 0.3) is 5.91 Å². The van der Waals surface area contributed by atoms with E-state index in [9.17, 15) is 14.7 Å². The summed E-state index contributed by atoms with van der Waals surface area (Å²) >= 11 is 0.934. The molecule has 2 rings (SSSR count). The number of amides is 1. The van der Waals surface area contributed by atoms with E-state index in [1.807, 2.05) is 0 Å². The number of aliphatic carboxylic acids is 1. The molecule has 1 amide bonds. The lowest BCUT2D eigenvalue weighted by Gasteiger charge is -2.27. The van der Waals surface area contributed by atoms with Crippen molar-refractivity contribution in [3.05, 3.63) is 11.1 Å². The topological polar surface area (TPSA) is 101 Å². The molecule has 1 aromatic rings. The molecule has 2 unspecified atom stereocenters. The smallest absolute Gasteiger partial charge is 0.326 e. The SMILES string of the molecule is O=C(NC(C(=O)O)C1CCCOC1)c1cnns1. The molecular weight excluding hydrogens is 258 g/mol. The van der Waals surface area contributed by atoms with Gasteiger partial charge >= 0.3 is 5.97 Å². The number of nitrogens with zero attached hydrogens (tertiary/aromatic N) is 2. The zero-order valence-electron chi connectivity index (χ0n) is 9.54. The summed E-state index contributed by atoms with van der Waals surface area (Å²) in [6.45, 7) is 1.01. The van der Waals surface area contributed by atoms with Crippen molar-refractivity contribution in [2.75, 3.05) is 13.2 Å². The van der Waals surface area contributed by atoms with Gasteiger partial charge in [-0.25, -0.2) is 4.79 Å². The van der Waals surface area contributed by atoms with Gasteiger partial charge in [0.1, 0.15) is 10.9 Å². The van der Waals surface area contributed by atoms with Crippen LogP contribution in [-0.2, 0) is 9.53 Å². The van der Waals surface area contributed by atoms with Crippen LogP contribution in [0.1, 0.15) is 22.5 Å². The molecule has 18 heavy (non-hydrogen) atoms. The largest absolute Gasteiger partial charge is 0.480 e. The Balaban J connectivity index is 2.02. The minimum atomic E-state index is -1.05. The molecule has 2 atom stereocenters. The van der Waals surface area contributed by atoms with E-state index in [4.69, 9.17) is 4.74 Å². The number of hydrogen-bond acceptors (Lipinski definition) is 6. The quantitative estimate of drug-likeness (QED) is 0.808. The van der Waals surface area contributed by atoms with Gasteiger partial charge in [0.15, 0.2) is 0 Å². The number of carboxylic acids is 1. The average molecular weight is 271 g/mol. The van der Waals surface area contributed by atoms with E-state index >= 15 is 0 Å². The maximum absolute atomic E-state index is 11.8. The molecule has 1 aliphatic rings. The van der Waals surface area contributed by atoms with E-state index in [-0.39, 0.29) is 5.92 Å². The molecule has 8 heteroatoms. The third kappa shape index (κ3) is 3.02. The summed E-state index contributed by atoms with van der Waals surface area (Å²) in [6.07, 6.45) is 2.86. The summed E-state index contributed by atoms with van der Waals surface area (Å²) in [7, 11) is 0. The third-order valence-corrected chi connectivity index (χ3v) is 3.47. The lowest BCUT2D eigenvalue weighted by molar-refractivity contribution is -0.142. The molecule has 2 heterocycles. The maximum Gasteiger partial charge on any atom is 0.326 e. The standard InChI is InChI=1S/C10H13N3O4S/c14-9(7-4-11-13-18-7)12-8(10(15)16)6-2-1-3-17-5-6/h4,6,8H,1-3,5H2,(H,12,14)(H,15,16). The van der Waals surface area contributed by atoms with Gasteiger partial charge in [0.05, 0.1) is 12.8 Å². The Morgan fingerprint density at radius 1 is 1.61 bits per heavy atom. The third-order valence-electron chi connectivity index (χ3n) is 2.80. The average Bonchev–Trinajstić information content (AvgIpc) is 2.90. The fourth-order valence-electron chi connectivity index (χ4n) is 1.89. The summed E-state index contributed by atoms with van der Waals surface area (Å²) in [5.41, 5.74) is 0. The van der Waals surface area contributed by atoms with Gasteiger partial charge in [0.2, 0.25) is 0 Å². The minimum absolute atomic E-state index is 0.193. The molecule has 0 spiro atoms. The number of aromatic nitrogens is 2. The molecule has 98 valence electrons. The number of hydrogen-bond donors (Lipinski definition) is 2. The highest BCUT2D eigenvalue weighted by Gasteiger charge is 2.31. The van der Waals surface area contributed by atoms with Gasteiger partial charge in [-0.1, -0.05) is 4.49 Å². The molecule has 7 nitrogen and oxygen atoms in total. The molecule has 1 fully saturated rings. The first-order valence-corrected chi connectivity index (χ1v) is 6.34. The van der Waals surface area contributed by atoms with E-state index in [0.717, 1.165) is 24.4 Å². The molecule has 1 aromatic heterocycles. The summed E-state index contributed by atoms with van der Waals surface area (Å²) in [4.78, 5) is 23.3. The summed E-state index contributed by atoms with van der Waals surface area (Å²) in [5, 5.41) is 15.2. The summed E-state index contributed by atoms with van der Waals surface area (Å²) < 4.78 is 8.82. The molecule has 1 aliphatic heterocycles. The normalized spacial score (nSPS) is 21.2. The minimum Gasteiger partial charge on any atom is -0.480 e. The van der Waals surface area contributed by atoms with Crippen molar-refractivity contribution in [3.8, 4) is 0 Å². The maximum atomic E-state index is 11.8. The molecule has 1 saturated heterocycles. The fraction of sp³-hybridized carbons (Fsp3) is 0.600. The Morgan fingerprint density at radius 2 is 2.44 bits per heavy atom. The number of nitrogens with one attached hydrogen (secondary N) is 1. The fourth-order valence-corrected chi connectivity index (χ4v) is 2.31. The van der Waals surface area contributed by atoms with Crippen LogP contribution < -0.4 is 5.32 Å². The molecule has 0 aliphatic carbocycles. The zero-order valence-corrected chi connectivity index (χ0v) is 10.4. The predicted octanol–water partition coefficient (Wildman–Crippen LogP) is 0.148. The van der Waals surface area contributed by atoms with Crippen molar-refractivity contribution in [1.82, 2.24) is 14.9 Å². The zero-order chi connectivity index (χ0) is 13.0. The highest BCUT2D eigenvalue weighted by atomic mass is 32.1. The first kappa shape index (κ1) is 12.9. The first-order valence-electron chi connectivity index (χ1n) is 5.57. The van der Waals surface area contributed by atoms with Crippen molar-refractivity contribution >= 4 is 23.4 Å². The Hall–Kier alpha value is -1.54. The molecule has 0 saturated carbocycles. The van der Waals surface area contributed by atoms with Gasteiger partial charge < -0.3 is 15.2 Å². The number of rotatable bonds is 4. The molecule has 0 radical (unpaired) electrons. The highest BCUT2D eigenvalue weighted by Crippen LogP contribution is 2.18. The van der Waals surface area contributed by atoms with Gasteiger partial charge in [-0.3, -0.25) is 4.79 Å². The van der Waals surface area contributed by atoms with Crippen LogP contribution in [0.2, 0.25) is 0 Å². The van der Waals surface area contributed by atoms with E-state index < -0.39 is 17.9 Å². The summed E-state index contributed by atoms with van der Waals surface area (Å²) in [6, 6.07) is -0.931. The van der Waals surface area contributed by atoms with E-state index in [2.05, 4.69) is 14.9 Å². The summed E-state index contributed by atoms with van der Waals surface area (Å²) in [5.74, 6) is -1.69. The van der Waals surface area contributed by atoms with Gasteiger partial charge in [-0.05, 0) is 24.4 Å². The first-order chi connectivity index (χ1) is 8.68. The van der Waals surface area contributed by atoms with Crippen LogP contribution in [0.4, 0.5) is 0 Å². The predicted molar refractivity (Wildman–Crippen MR) is 62.3 cm³/mol. The van der Waals surface area contributed by atoms with Crippen LogP contribution >= 0.6 is 11.5 Å². The molecule has 2 N–H and O–H groups in total. The Morgan fingerprint density at radius 3 is 3.00 bits per heavy atom. The van der Waals surface area contributed by atoms with Crippen molar-refractivity contribution in [2.45, 2.75) is 18.9 Å². The van der Waals surface area contributed by atoms with Crippen LogP contribution in [0.5, 0.6) is 0 Å². The van der Waals surface area contributed by atoms with Gasteiger partial charge in [-0.15, -0.1) is 5.10 Å². The Bertz CT molecular complexity index is 417. The second kappa shape index (κ2) is 5.87. The van der Waals surface area contributed by atoms with Crippen LogP contribution in [-0.4, -0.2) is 45.8 Å². The van der Waals surface area contributed by atoms with Crippen molar-refractivity contribution in [1.29, 1.82) is 0 Å². The van der Waals surface area contributed by atoms with Gasteiger partial charge in [-0.2, -0.15) is 0 Å². The Kier molecular flexibility index (Phi) is 4.21. The van der Waals surface area contributed by atoms with Crippen LogP contribution in [0.15, 0.2) is 6.20 Å². The number of carboxylic acid groups (broad SMARTS) is 1. The number of ether oxygens (including phenoxy) is 1. The van der Waals surface area contributed by atoms with Crippen LogP contribution in [0, 0.1) is 5.92 Å². The Labute approximate surface area is 107 Å². The van der Waals surface area contributed by atoms with Crippen molar-refractivity contribution in [3.63, 3.8) is 0 Å². The monoisotopic (exact) mass is 271 g/mol. The number of carbonyl (C=O) groups is 2. The van der Waals surface area contributed by atoms with Crippen molar-refractivity contribution < 1.29 is 19.4 Å². The van der Waals surface area contributed by atoms with Crippen molar-refractivity contribution in [2.24, 2.45) is 5.92 Å². The van der Waals surface area contributed by atoms with Crippen LogP contribution in [0.3, 0.4) is 0 Å². The highest BCUT2D eigenvalue weighted by molar-refractivity contribution is 7.07. The lowest BCUT2D eigenvalue weighted by atomic mass is 9.93. The van der Waals surface area contributed by atoms with E-state index in [0.29, 0.717) is 18.1 Å². The number of carbonyl (C=O) groups excluding carboxylic acids is 1. The van der Waals surface area contributed by atoms with E-state index in [1.54, 1.807) is 0 Å². The van der Waals surface area contributed by atoms with Gasteiger partial charge in [0, 0.05) is 12.5 Å². The van der Waals surface area contributed by atoms with Crippen LogP contribution in [0.25, 0.3) is 0 Å². The second-order valence-electron chi connectivity index (χ2n) is 4.05. The molecule has 0 bridgehead atoms. The lowest BCUT2D eigenvalue weighted by Crippen LogP contribution is -2.48. The van der Waals surface area contributed by atoms with E-state index in [1.165, 1.54) is 6.20 Å². The second-order valence-corrected chi connectivity index (χ2v) is 4.83. The molecule has 0 aromatic carbocycles. The molecular formula is C10H13N3O4S.